The van der Waals surface area contributed by atoms with Crippen LogP contribution in [0.4, 0.5) is 40.3 Å². The summed E-state index contributed by atoms with van der Waals surface area (Å²) in [5.41, 5.74) is 36.4. The number of aryl methyl sites for hydroxylation is 4. The molecule has 7 aromatic carbocycles. The molecule has 0 radical (unpaired) electrons. The summed E-state index contributed by atoms with van der Waals surface area (Å²) < 4.78 is 52.8. The number of carbonyl (C=O) groups is 2. The van der Waals surface area contributed by atoms with Crippen molar-refractivity contribution in [3.8, 4) is 33.8 Å². The van der Waals surface area contributed by atoms with Crippen LogP contribution in [0.5, 0.6) is 0 Å². The molecule has 13 nitrogen and oxygen atoms in total. The van der Waals surface area contributed by atoms with E-state index in [0.717, 1.165) is 98.1 Å². The molecule has 13 aromatic rings. The van der Waals surface area contributed by atoms with E-state index in [4.69, 9.17) is 36.5 Å². The van der Waals surface area contributed by atoms with Crippen molar-refractivity contribution in [1.29, 1.82) is 0 Å². The highest BCUT2D eigenvalue weighted by atomic mass is 35.5. The number of benzene rings is 7. The van der Waals surface area contributed by atoms with Gasteiger partial charge >= 0.3 is 6.18 Å². The Morgan fingerprint density at radius 2 is 0.766 bits per heavy atom. The van der Waals surface area contributed by atoms with Crippen LogP contribution in [0.25, 0.3) is 33.8 Å². The van der Waals surface area contributed by atoms with Crippen molar-refractivity contribution in [2.75, 3.05) is 0 Å². The summed E-state index contributed by atoms with van der Waals surface area (Å²) in [6, 6.07) is 63.4. The van der Waals surface area contributed by atoms with Crippen molar-refractivity contribution < 1.29 is 27.2 Å². The molecular weight excluding hydrogens is 1770 g/mol. The zero-order valence-electron chi connectivity index (χ0n) is 88.6. The SMILES string of the molecule is CC(=O)c1cccc(C(C)=Nc2c(C)cc(F)cc2C)n1.CC(=O)c1cccc(C(C)=Nc2c(C)cccc2C(C)C)n1.CC(C)c1cccc(C(C)C)c1N=Cc1cccc(-c2ccccc2Cl)n1.Cc1c(-c2c(C)c(C)c(C)c(C)c2C)nc(C(C)(C)C(C)C)c(C)c1C.Cc1cccc(C=Nc2c(C(C)C)cccc2C(C)C)n1.FC(F)(F)c1ccccc1-c1cccc(C=NC2CCCCC2)n1. The standard InChI is InChI=1S/C25H37N.C24H25ClN2.C19H19F3N2.C19H22N2O.C19H24N2.C17H17FN2O/c1-13(2)25(11,12)24-21(10)17(6)20(9)23(26-24)22-18(7)15(4)14(3)16(5)19(22)8;1-16(2)19-11-8-12-20(17(3)4)24(19)26-15-18-9-7-14-23(27-18)21-10-5-6-13-22(21)25;20-19(21,22)17-11-5-4-10-16(17)18-12-6-9-15(24-18)13-23-14-7-2-1-3-8-14;1-12(2)16-9-6-8-13(3)19(16)20-14(4)17-10-7-11-18(21-17)15(5)22;1-13(2)17-10-7-11-18(14(3)4)19(17)20-12-16-9-6-8-15(5)21-16;1-10-8-14(18)9-11(2)17(10)19-12(3)15-6-5-7-16(20-15)13(4)21/h13H,1-12H3;5-17H,1-4H3;4-6,9-14H,1-3,7-8H2;6-12H,1-5H3;6-14H,1-5H3;5-9H,1-4H3. The number of carbonyl (C=O) groups excluding carboxylic acids is 2. The summed E-state index contributed by atoms with van der Waals surface area (Å²) >= 11 is 6.32. The van der Waals surface area contributed by atoms with E-state index in [1.807, 2.05) is 120 Å². The third kappa shape index (κ3) is 29.9. The zero-order chi connectivity index (χ0) is 104. The third-order valence-corrected chi connectivity index (χ3v) is 27.0. The lowest BCUT2D eigenvalue weighted by Crippen LogP contribution is -2.28. The molecule has 1 saturated carbocycles. The van der Waals surface area contributed by atoms with Crippen molar-refractivity contribution in [2.45, 2.75) is 287 Å². The fraction of sp³-hybridized carbons (Fsp3) is 0.358. The number of nitrogens with zero attached hydrogens (tertiary/aromatic N) is 11. The number of aliphatic imine (C=N–C) groups is 5. The average molecular weight is 1920 g/mol. The molecule has 6 heterocycles. The minimum Gasteiger partial charge on any atom is -0.293 e. The Morgan fingerprint density at radius 3 is 1.21 bits per heavy atom. The van der Waals surface area contributed by atoms with Crippen LogP contribution in [0.15, 0.2) is 231 Å². The summed E-state index contributed by atoms with van der Waals surface area (Å²) in [5, 5.41) is 0.700. The predicted molar refractivity (Wildman–Crippen MR) is 585 cm³/mol. The van der Waals surface area contributed by atoms with Gasteiger partial charge in [-0.1, -0.05) is 249 Å². The topological polar surface area (TPSA) is 173 Å². The molecule has 0 N–H and O–H groups in total. The largest absolute Gasteiger partial charge is 0.417 e. The quantitative estimate of drug-likeness (QED) is 0.0366. The van der Waals surface area contributed by atoms with Crippen LogP contribution in [0.2, 0.25) is 5.02 Å². The molecule has 1 aliphatic rings. The molecule has 0 spiro atoms. The highest BCUT2D eigenvalue weighted by molar-refractivity contribution is 6.33. The van der Waals surface area contributed by atoms with Crippen molar-refractivity contribution in [3.63, 3.8) is 0 Å². The molecule has 14 rings (SSSR count). The number of hydrogen-bond donors (Lipinski definition) is 0. The minimum absolute atomic E-state index is 0.0339. The first kappa shape index (κ1) is 112. The molecule has 1 aliphatic carbocycles. The van der Waals surface area contributed by atoms with E-state index in [1.54, 1.807) is 54.7 Å². The molecule has 0 bridgehead atoms. The van der Waals surface area contributed by atoms with Crippen LogP contribution in [0, 0.1) is 94.8 Å². The second-order valence-electron chi connectivity index (χ2n) is 39.3. The summed E-state index contributed by atoms with van der Waals surface area (Å²) in [5.74, 6) is 2.31. The van der Waals surface area contributed by atoms with Crippen molar-refractivity contribution in [2.24, 2.45) is 30.9 Å². The van der Waals surface area contributed by atoms with Crippen molar-refractivity contribution >= 4 is 76.0 Å². The molecule has 18 heteroatoms. The van der Waals surface area contributed by atoms with Gasteiger partial charge in [-0.3, -0.25) is 44.5 Å². The smallest absolute Gasteiger partial charge is 0.293 e. The number of para-hydroxylation sites is 3. The van der Waals surface area contributed by atoms with Crippen molar-refractivity contribution in [3.05, 3.63) is 363 Å². The Balaban J connectivity index is 0.000000189. The van der Waals surface area contributed by atoms with Gasteiger partial charge in [-0.2, -0.15) is 13.2 Å². The van der Waals surface area contributed by atoms with Crippen LogP contribution < -0.4 is 0 Å². The van der Waals surface area contributed by atoms with E-state index in [2.05, 4.69) is 244 Å². The van der Waals surface area contributed by atoms with Gasteiger partial charge in [-0.25, -0.2) is 24.3 Å². The molecule has 6 aromatic heterocycles. The molecule has 0 amide bonds. The zero-order valence-corrected chi connectivity index (χ0v) is 89.3. The van der Waals surface area contributed by atoms with Gasteiger partial charge in [-0.05, 0) is 319 Å². The first-order chi connectivity index (χ1) is 66.6. The maximum absolute atomic E-state index is 13.3. The number of ketones is 2. The average Bonchev–Trinajstić information content (AvgIpc) is 0.745. The van der Waals surface area contributed by atoms with Gasteiger partial charge < -0.3 is 0 Å². The van der Waals surface area contributed by atoms with E-state index >= 15 is 0 Å². The summed E-state index contributed by atoms with van der Waals surface area (Å²) in [6.07, 6.45) is 6.81. The first-order valence-electron chi connectivity index (χ1n) is 49.3. The monoisotopic (exact) mass is 1920 g/mol. The molecule has 1 fully saturated rings. The minimum atomic E-state index is -4.40. The third-order valence-electron chi connectivity index (χ3n) is 26.7. The van der Waals surface area contributed by atoms with E-state index in [1.165, 1.54) is 147 Å². The molecule has 141 heavy (non-hydrogen) atoms. The molecule has 738 valence electrons. The fourth-order valence-corrected chi connectivity index (χ4v) is 17.2. The number of aromatic nitrogens is 6. The van der Waals surface area contributed by atoms with E-state index < -0.39 is 11.7 Å². The summed E-state index contributed by atoms with van der Waals surface area (Å²) in [7, 11) is 0. The van der Waals surface area contributed by atoms with Gasteiger partial charge in [0.15, 0.2) is 11.6 Å². The summed E-state index contributed by atoms with van der Waals surface area (Å²) in [4.78, 5) is 74.0. The molecular formula is C123H144ClF4N11O2. The number of hydrogen-bond acceptors (Lipinski definition) is 13. The number of halogens is 5. The Hall–Kier alpha value is -12.9. The Bertz CT molecular complexity index is 6620. The number of pyridine rings is 6. The second kappa shape index (κ2) is 51.0. The number of alkyl halides is 3. The molecule has 0 aliphatic heterocycles. The van der Waals surface area contributed by atoms with Crippen LogP contribution in [-0.4, -0.2) is 77.6 Å². The van der Waals surface area contributed by atoms with Gasteiger partial charge in [0.25, 0.3) is 0 Å². The maximum Gasteiger partial charge on any atom is 0.417 e. The fourth-order valence-electron chi connectivity index (χ4n) is 17.0. The lowest BCUT2D eigenvalue weighted by molar-refractivity contribution is -0.137. The lowest BCUT2D eigenvalue weighted by Gasteiger charge is -2.32. The predicted octanol–water partition coefficient (Wildman–Crippen LogP) is 34.5. The Morgan fingerprint density at radius 1 is 0.383 bits per heavy atom. The van der Waals surface area contributed by atoms with Gasteiger partial charge in [0.05, 0.1) is 109 Å². The van der Waals surface area contributed by atoms with Gasteiger partial charge in [0, 0.05) is 52.9 Å². The highest BCUT2D eigenvalue weighted by Crippen LogP contribution is 2.44. The van der Waals surface area contributed by atoms with Crippen LogP contribution in [0.1, 0.15) is 342 Å². The normalized spacial score (nSPS) is 12.6. The Labute approximate surface area is 842 Å². The van der Waals surface area contributed by atoms with Gasteiger partial charge in [0.1, 0.15) is 17.2 Å². The van der Waals surface area contributed by atoms with Crippen LogP contribution in [-0.2, 0) is 11.6 Å². The molecule has 0 unspecified atom stereocenters. The van der Waals surface area contributed by atoms with E-state index in [9.17, 15) is 27.2 Å². The summed E-state index contributed by atoms with van der Waals surface area (Å²) in [6.45, 7) is 63.7. The second-order valence-corrected chi connectivity index (χ2v) is 39.7. The molecule has 0 saturated heterocycles. The van der Waals surface area contributed by atoms with E-state index in [0.29, 0.717) is 80.8 Å². The lowest BCUT2D eigenvalue weighted by atomic mass is 9.75. The maximum atomic E-state index is 13.3. The first-order valence-corrected chi connectivity index (χ1v) is 49.6. The van der Waals surface area contributed by atoms with E-state index in [-0.39, 0.29) is 28.4 Å². The number of rotatable bonds is 22. The molecule has 0 atom stereocenters. The highest BCUT2D eigenvalue weighted by Gasteiger charge is 2.35. The van der Waals surface area contributed by atoms with Crippen LogP contribution >= 0.6 is 11.6 Å². The van der Waals surface area contributed by atoms with Crippen LogP contribution in [0.3, 0.4) is 0 Å². The number of Topliss-reactive ketones (excluding diaryl/α,β-unsaturated/α-hetero) is 2. The van der Waals surface area contributed by atoms with Crippen molar-refractivity contribution in [1.82, 2.24) is 29.9 Å². The van der Waals surface area contributed by atoms with Gasteiger partial charge in [0.2, 0.25) is 0 Å². The Kier molecular flexibility index (Phi) is 40.4. The van der Waals surface area contributed by atoms with Gasteiger partial charge in [-0.15, -0.1) is 0 Å².